The molecule has 0 aliphatic rings. The highest BCUT2D eigenvalue weighted by atomic mass is 32.2. The van der Waals surface area contributed by atoms with Gasteiger partial charge in [0, 0.05) is 19.8 Å². The van der Waals surface area contributed by atoms with Crippen molar-refractivity contribution in [1.29, 1.82) is 0 Å². The molecule has 2 rings (SSSR count). The summed E-state index contributed by atoms with van der Waals surface area (Å²) in [7, 11) is -2.35. The van der Waals surface area contributed by atoms with E-state index in [9.17, 15) is 12.8 Å². The number of aromatic nitrogens is 2. The van der Waals surface area contributed by atoms with E-state index >= 15 is 0 Å². The highest BCUT2D eigenvalue weighted by Gasteiger charge is 2.21. The number of nitrogens with zero attached hydrogens (tertiary/aromatic N) is 2. The minimum Gasteiger partial charge on any atom is -0.326 e. The van der Waals surface area contributed by atoms with Crippen molar-refractivity contribution < 1.29 is 12.8 Å². The maximum absolute atomic E-state index is 13.7. The van der Waals surface area contributed by atoms with Crippen molar-refractivity contribution in [2.45, 2.75) is 18.4 Å². The van der Waals surface area contributed by atoms with Crippen LogP contribution in [0.5, 0.6) is 0 Å². The molecule has 0 saturated heterocycles. The fraction of sp³-hybridized carbons (Fsp3) is 0.250. The smallest absolute Gasteiger partial charge is 0.264 e. The van der Waals surface area contributed by atoms with Crippen molar-refractivity contribution in [1.82, 2.24) is 9.78 Å². The van der Waals surface area contributed by atoms with Crippen molar-refractivity contribution in [3.05, 3.63) is 41.5 Å². The molecule has 1 heterocycles. The van der Waals surface area contributed by atoms with Gasteiger partial charge in [0.1, 0.15) is 10.7 Å². The van der Waals surface area contributed by atoms with Gasteiger partial charge in [-0.3, -0.25) is 9.40 Å². The number of nitrogens with two attached hydrogens (primary N) is 1. The number of rotatable bonds is 4. The summed E-state index contributed by atoms with van der Waals surface area (Å²) < 4.78 is 42.0. The average molecular weight is 298 g/mol. The molecule has 6 nitrogen and oxygen atoms in total. The minimum absolute atomic E-state index is 0.134. The first-order valence-electron chi connectivity index (χ1n) is 5.85. The van der Waals surface area contributed by atoms with E-state index in [4.69, 9.17) is 5.73 Å². The molecule has 8 heteroatoms. The molecular formula is C12H15FN4O2S. The summed E-state index contributed by atoms with van der Waals surface area (Å²) in [6.07, 6.45) is 1.51. The first-order chi connectivity index (χ1) is 9.33. The van der Waals surface area contributed by atoms with E-state index in [1.165, 1.54) is 23.0 Å². The fourth-order valence-corrected chi connectivity index (χ4v) is 3.01. The molecule has 20 heavy (non-hydrogen) atoms. The van der Waals surface area contributed by atoms with Crippen LogP contribution in [-0.4, -0.2) is 18.2 Å². The number of halogens is 1. The fourth-order valence-electron chi connectivity index (χ4n) is 1.78. The van der Waals surface area contributed by atoms with Crippen molar-refractivity contribution in [2.75, 3.05) is 4.72 Å². The van der Waals surface area contributed by atoms with Gasteiger partial charge in [-0.25, -0.2) is 12.8 Å². The van der Waals surface area contributed by atoms with Gasteiger partial charge in [0.25, 0.3) is 10.0 Å². The normalized spacial score (nSPS) is 11.6. The predicted octanol–water partition coefficient (Wildman–Crippen LogP) is 1.13. The number of hydrogen-bond acceptors (Lipinski definition) is 4. The van der Waals surface area contributed by atoms with E-state index in [1.54, 1.807) is 14.0 Å². The Balaban J connectivity index is 2.43. The second-order valence-corrected chi connectivity index (χ2v) is 6.03. The zero-order valence-corrected chi connectivity index (χ0v) is 11.9. The average Bonchev–Trinajstić information content (AvgIpc) is 2.67. The third-order valence-corrected chi connectivity index (χ3v) is 4.16. The standard InChI is InChI=1S/C12H15FN4O2S/c1-8-11(7-17(2)15-8)16-20(18,19)12-5-9(6-14)3-4-10(12)13/h3-5,7,16H,6,14H2,1-2H3. The van der Waals surface area contributed by atoms with Gasteiger partial charge >= 0.3 is 0 Å². The summed E-state index contributed by atoms with van der Waals surface area (Å²) in [4.78, 5) is -0.427. The molecule has 2 aromatic rings. The quantitative estimate of drug-likeness (QED) is 0.885. The molecule has 0 saturated carbocycles. The zero-order chi connectivity index (χ0) is 14.9. The summed E-state index contributed by atoms with van der Waals surface area (Å²) in [6, 6.07) is 3.76. The molecule has 0 spiro atoms. The van der Waals surface area contributed by atoms with Crippen molar-refractivity contribution in [2.24, 2.45) is 12.8 Å². The van der Waals surface area contributed by atoms with E-state index in [0.29, 0.717) is 16.9 Å². The summed E-state index contributed by atoms with van der Waals surface area (Å²) >= 11 is 0. The van der Waals surface area contributed by atoms with Crippen LogP contribution in [0, 0.1) is 12.7 Å². The Morgan fingerprint density at radius 2 is 2.15 bits per heavy atom. The Bertz CT molecular complexity index is 740. The van der Waals surface area contributed by atoms with Crippen molar-refractivity contribution in [3.8, 4) is 0 Å². The van der Waals surface area contributed by atoms with Gasteiger partial charge in [-0.15, -0.1) is 0 Å². The van der Waals surface area contributed by atoms with Gasteiger partial charge in [0.2, 0.25) is 0 Å². The van der Waals surface area contributed by atoms with Crippen LogP contribution in [0.2, 0.25) is 0 Å². The molecule has 108 valence electrons. The molecule has 0 aliphatic carbocycles. The molecule has 1 aromatic carbocycles. The molecule has 0 bridgehead atoms. The van der Waals surface area contributed by atoms with E-state index < -0.39 is 20.7 Å². The Labute approximate surface area is 116 Å². The molecule has 1 aromatic heterocycles. The molecule has 0 unspecified atom stereocenters. The molecule has 0 radical (unpaired) electrons. The van der Waals surface area contributed by atoms with Crippen LogP contribution >= 0.6 is 0 Å². The third kappa shape index (κ3) is 2.81. The minimum atomic E-state index is -4.02. The van der Waals surface area contributed by atoms with Gasteiger partial charge in [-0.1, -0.05) is 6.07 Å². The Kier molecular flexibility index (Phi) is 3.78. The highest BCUT2D eigenvalue weighted by Crippen LogP contribution is 2.21. The maximum Gasteiger partial charge on any atom is 0.264 e. The number of sulfonamides is 1. The number of nitrogens with one attached hydrogen (secondary N) is 1. The lowest BCUT2D eigenvalue weighted by molar-refractivity contribution is 0.569. The number of aryl methyl sites for hydroxylation is 2. The molecule has 0 fully saturated rings. The monoisotopic (exact) mass is 298 g/mol. The summed E-state index contributed by atoms with van der Waals surface area (Å²) in [5.74, 6) is -0.823. The number of anilines is 1. The summed E-state index contributed by atoms with van der Waals surface area (Å²) in [5, 5.41) is 4.02. The Hall–Kier alpha value is -1.93. The largest absolute Gasteiger partial charge is 0.326 e. The van der Waals surface area contributed by atoms with Crippen molar-refractivity contribution >= 4 is 15.7 Å². The van der Waals surface area contributed by atoms with E-state index in [-0.39, 0.29) is 6.54 Å². The third-order valence-electron chi connectivity index (χ3n) is 2.78. The second kappa shape index (κ2) is 5.22. The van der Waals surface area contributed by atoms with Crippen LogP contribution in [0.25, 0.3) is 0 Å². The van der Waals surface area contributed by atoms with Gasteiger partial charge in [0.15, 0.2) is 0 Å². The van der Waals surface area contributed by atoms with Crippen LogP contribution in [0.4, 0.5) is 10.1 Å². The lowest BCUT2D eigenvalue weighted by Crippen LogP contribution is -2.15. The second-order valence-electron chi connectivity index (χ2n) is 4.38. The molecular weight excluding hydrogens is 283 g/mol. The van der Waals surface area contributed by atoms with Crippen LogP contribution in [0.15, 0.2) is 29.3 Å². The van der Waals surface area contributed by atoms with E-state index in [2.05, 4.69) is 9.82 Å². The zero-order valence-electron chi connectivity index (χ0n) is 11.1. The Morgan fingerprint density at radius 3 is 2.70 bits per heavy atom. The molecule has 3 N–H and O–H groups in total. The predicted molar refractivity (Wildman–Crippen MR) is 73.0 cm³/mol. The maximum atomic E-state index is 13.7. The number of hydrogen-bond donors (Lipinski definition) is 2. The van der Waals surface area contributed by atoms with Crippen LogP contribution in [0.3, 0.4) is 0 Å². The van der Waals surface area contributed by atoms with E-state index in [1.807, 2.05) is 0 Å². The SMILES string of the molecule is Cc1nn(C)cc1NS(=O)(=O)c1cc(CN)ccc1F. The van der Waals surface area contributed by atoms with Gasteiger partial charge in [-0.2, -0.15) is 5.10 Å². The van der Waals surface area contributed by atoms with Crippen molar-refractivity contribution in [3.63, 3.8) is 0 Å². The Morgan fingerprint density at radius 1 is 1.45 bits per heavy atom. The topological polar surface area (TPSA) is 90.0 Å². The van der Waals surface area contributed by atoms with Gasteiger partial charge in [0.05, 0.1) is 11.4 Å². The molecule has 0 atom stereocenters. The van der Waals surface area contributed by atoms with Gasteiger partial charge < -0.3 is 5.73 Å². The van der Waals surface area contributed by atoms with Crippen LogP contribution < -0.4 is 10.5 Å². The van der Waals surface area contributed by atoms with E-state index in [0.717, 1.165) is 6.07 Å². The first-order valence-corrected chi connectivity index (χ1v) is 7.33. The highest BCUT2D eigenvalue weighted by molar-refractivity contribution is 7.92. The lowest BCUT2D eigenvalue weighted by Gasteiger charge is -2.09. The van der Waals surface area contributed by atoms with Crippen LogP contribution in [-0.2, 0) is 23.6 Å². The molecule has 0 amide bonds. The molecule has 0 aliphatic heterocycles. The number of benzene rings is 1. The van der Waals surface area contributed by atoms with Gasteiger partial charge in [-0.05, 0) is 24.6 Å². The summed E-state index contributed by atoms with van der Waals surface area (Å²) in [5.41, 5.74) is 6.79. The van der Waals surface area contributed by atoms with Crippen LogP contribution in [0.1, 0.15) is 11.3 Å². The lowest BCUT2D eigenvalue weighted by atomic mass is 10.2. The first kappa shape index (κ1) is 14.5. The summed E-state index contributed by atoms with van der Waals surface area (Å²) in [6.45, 7) is 1.79.